The van der Waals surface area contributed by atoms with Crippen LogP contribution in [0.25, 0.3) is 0 Å². The first-order chi connectivity index (χ1) is 14.1. The van der Waals surface area contributed by atoms with Gasteiger partial charge < -0.3 is 15.4 Å². The van der Waals surface area contributed by atoms with Crippen molar-refractivity contribution >= 4 is 17.5 Å². The van der Waals surface area contributed by atoms with E-state index in [1.54, 1.807) is 13.3 Å². The molecule has 1 aromatic heterocycles. The van der Waals surface area contributed by atoms with E-state index in [0.717, 1.165) is 30.8 Å². The number of rotatable bonds is 8. The number of nitrogens with one attached hydrogen (secondary N) is 3. The molecule has 2 aromatic carbocycles. The van der Waals surface area contributed by atoms with Crippen LogP contribution in [0.3, 0.4) is 0 Å². The zero-order chi connectivity index (χ0) is 20.5. The third kappa shape index (κ3) is 6.29. The number of carbonyl (C=O) groups is 1. The molecule has 150 valence electrons. The molecule has 0 atom stereocenters. The standard InChI is InChI=1S/C22H25N5O2/c1-16-13-25-21(15-24-16)27-22(28)26-19-9-8-17(12-20(19)29-2)10-11-23-14-18-6-4-3-5-7-18/h3-9,12-13,15,23H,10-11,14H2,1-2H3,(H2,25,26,27,28). The van der Waals surface area contributed by atoms with Gasteiger partial charge in [-0.1, -0.05) is 36.4 Å². The van der Waals surface area contributed by atoms with Gasteiger partial charge in [0.1, 0.15) is 5.75 Å². The van der Waals surface area contributed by atoms with E-state index in [4.69, 9.17) is 4.74 Å². The van der Waals surface area contributed by atoms with E-state index in [1.807, 2.05) is 43.3 Å². The molecule has 0 saturated heterocycles. The van der Waals surface area contributed by atoms with Crippen LogP contribution in [-0.2, 0) is 13.0 Å². The Balaban J connectivity index is 1.52. The van der Waals surface area contributed by atoms with E-state index in [-0.39, 0.29) is 0 Å². The molecule has 0 aliphatic heterocycles. The van der Waals surface area contributed by atoms with Crippen LogP contribution in [-0.4, -0.2) is 29.7 Å². The van der Waals surface area contributed by atoms with E-state index >= 15 is 0 Å². The van der Waals surface area contributed by atoms with Gasteiger partial charge in [0, 0.05) is 6.54 Å². The van der Waals surface area contributed by atoms with Crippen LogP contribution in [0, 0.1) is 6.92 Å². The topological polar surface area (TPSA) is 88.2 Å². The number of hydrogen-bond donors (Lipinski definition) is 3. The van der Waals surface area contributed by atoms with Gasteiger partial charge in [0.2, 0.25) is 0 Å². The normalized spacial score (nSPS) is 10.4. The zero-order valence-electron chi connectivity index (χ0n) is 16.6. The molecule has 0 bridgehead atoms. The quantitative estimate of drug-likeness (QED) is 0.509. The van der Waals surface area contributed by atoms with Gasteiger partial charge >= 0.3 is 6.03 Å². The fraction of sp³-hybridized carbons (Fsp3) is 0.227. The average molecular weight is 391 g/mol. The molecule has 0 fully saturated rings. The summed E-state index contributed by atoms with van der Waals surface area (Å²) in [6.45, 7) is 3.51. The second-order valence-corrected chi connectivity index (χ2v) is 6.57. The van der Waals surface area contributed by atoms with Crippen molar-refractivity contribution in [3.8, 4) is 5.75 Å². The van der Waals surface area contributed by atoms with E-state index < -0.39 is 6.03 Å². The third-order valence-electron chi connectivity index (χ3n) is 4.30. The minimum Gasteiger partial charge on any atom is -0.495 e. The highest BCUT2D eigenvalue weighted by atomic mass is 16.5. The predicted molar refractivity (Wildman–Crippen MR) is 114 cm³/mol. The lowest BCUT2D eigenvalue weighted by Gasteiger charge is -2.13. The minimum atomic E-state index is -0.404. The van der Waals surface area contributed by atoms with Crippen LogP contribution >= 0.6 is 0 Å². The van der Waals surface area contributed by atoms with Crippen LogP contribution in [0.5, 0.6) is 5.75 Å². The minimum absolute atomic E-state index is 0.383. The summed E-state index contributed by atoms with van der Waals surface area (Å²) in [5, 5.41) is 8.87. The van der Waals surface area contributed by atoms with Crippen LogP contribution in [0.4, 0.5) is 16.3 Å². The highest BCUT2D eigenvalue weighted by molar-refractivity contribution is 6.00. The third-order valence-corrected chi connectivity index (χ3v) is 4.30. The Hall–Kier alpha value is -3.45. The number of aromatic nitrogens is 2. The summed E-state index contributed by atoms with van der Waals surface area (Å²) >= 11 is 0. The number of nitrogens with zero attached hydrogens (tertiary/aromatic N) is 2. The summed E-state index contributed by atoms with van der Waals surface area (Å²) in [6, 6.07) is 15.6. The number of ether oxygens (including phenoxy) is 1. The molecule has 3 N–H and O–H groups in total. The van der Waals surface area contributed by atoms with Gasteiger partial charge in [0.05, 0.1) is 30.9 Å². The molecule has 0 saturated carbocycles. The number of aryl methyl sites for hydroxylation is 1. The molecule has 1 heterocycles. The van der Waals surface area contributed by atoms with Crippen LogP contribution < -0.4 is 20.7 Å². The fourth-order valence-electron chi connectivity index (χ4n) is 2.78. The van der Waals surface area contributed by atoms with E-state index in [1.165, 1.54) is 11.8 Å². The lowest BCUT2D eigenvalue weighted by atomic mass is 10.1. The number of benzene rings is 2. The zero-order valence-corrected chi connectivity index (χ0v) is 16.6. The molecule has 2 amide bonds. The van der Waals surface area contributed by atoms with Crippen molar-refractivity contribution in [2.24, 2.45) is 0 Å². The van der Waals surface area contributed by atoms with Crippen molar-refractivity contribution in [3.63, 3.8) is 0 Å². The summed E-state index contributed by atoms with van der Waals surface area (Å²) in [7, 11) is 1.58. The van der Waals surface area contributed by atoms with Crippen molar-refractivity contribution in [2.75, 3.05) is 24.3 Å². The second kappa shape index (κ2) is 10.2. The first kappa shape index (κ1) is 20.3. The highest BCUT2D eigenvalue weighted by Gasteiger charge is 2.09. The molecule has 3 rings (SSSR count). The first-order valence-corrected chi connectivity index (χ1v) is 9.42. The lowest BCUT2D eigenvalue weighted by Crippen LogP contribution is -2.21. The van der Waals surface area contributed by atoms with Gasteiger partial charge in [-0.3, -0.25) is 10.3 Å². The lowest BCUT2D eigenvalue weighted by molar-refractivity contribution is 0.262. The molecular formula is C22H25N5O2. The fourth-order valence-corrected chi connectivity index (χ4v) is 2.78. The molecule has 7 heteroatoms. The maximum Gasteiger partial charge on any atom is 0.324 e. The van der Waals surface area contributed by atoms with Crippen LogP contribution in [0.1, 0.15) is 16.8 Å². The largest absolute Gasteiger partial charge is 0.495 e. The monoisotopic (exact) mass is 391 g/mol. The highest BCUT2D eigenvalue weighted by Crippen LogP contribution is 2.26. The van der Waals surface area contributed by atoms with Gasteiger partial charge in [0.25, 0.3) is 0 Å². The average Bonchev–Trinajstić information content (AvgIpc) is 2.74. The van der Waals surface area contributed by atoms with Gasteiger partial charge in [-0.2, -0.15) is 0 Å². The summed E-state index contributed by atoms with van der Waals surface area (Å²) in [4.78, 5) is 20.4. The SMILES string of the molecule is COc1cc(CCNCc2ccccc2)ccc1NC(=O)Nc1cnc(C)cn1. The van der Waals surface area contributed by atoms with Crippen molar-refractivity contribution in [2.45, 2.75) is 19.9 Å². The van der Waals surface area contributed by atoms with Crippen molar-refractivity contribution in [1.29, 1.82) is 0 Å². The summed E-state index contributed by atoms with van der Waals surface area (Å²) in [5.41, 5.74) is 3.75. The van der Waals surface area contributed by atoms with Gasteiger partial charge in [0.15, 0.2) is 5.82 Å². The van der Waals surface area contributed by atoms with Gasteiger partial charge in [-0.15, -0.1) is 0 Å². The number of amides is 2. The Bertz CT molecular complexity index is 930. The number of hydrogen-bond acceptors (Lipinski definition) is 5. The van der Waals surface area contributed by atoms with E-state index in [2.05, 4.69) is 38.1 Å². The molecule has 0 unspecified atom stereocenters. The first-order valence-electron chi connectivity index (χ1n) is 9.42. The Morgan fingerprint density at radius 3 is 2.55 bits per heavy atom. The Morgan fingerprint density at radius 1 is 1.00 bits per heavy atom. The molecule has 0 radical (unpaired) electrons. The molecule has 0 aliphatic carbocycles. The summed E-state index contributed by atoms with van der Waals surface area (Å²) in [6.07, 6.45) is 3.96. The Morgan fingerprint density at radius 2 is 1.83 bits per heavy atom. The molecule has 3 aromatic rings. The summed E-state index contributed by atoms with van der Waals surface area (Å²) < 4.78 is 5.44. The van der Waals surface area contributed by atoms with Gasteiger partial charge in [-0.05, 0) is 43.1 Å². The smallest absolute Gasteiger partial charge is 0.324 e. The number of urea groups is 1. The molecule has 0 spiro atoms. The van der Waals surface area contributed by atoms with E-state index in [9.17, 15) is 4.79 Å². The second-order valence-electron chi connectivity index (χ2n) is 6.57. The van der Waals surface area contributed by atoms with E-state index in [0.29, 0.717) is 17.3 Å². The van der Waals surface area contributed by atoms with Gasteiger partial charge in [-0.25, -0.2) is 9.78 Å². The van der Waals surface area contributed by atoms with Crippen LogP contribution in [0.2, 0.25) is 0 Å². The number of carbonyl (C=O) groups excluding carboxylic acids is 1. The van der Waals surface area contributed by atoms with Crippen molar-refractivity contribution < 1.29 is 9.53 Å². The maximum atomic E-state index is 12.2. The maximum absolute atomic E-state index is 12.2. The Kier molecular flexibility index (Phi) is 7.13. The molecule has 0 aliphatic rings. The van der Waals surface area contributed by atoms with Crippen molar-refractivity contribution in [3.05, 3.63) is 77.7 Å². The number of methoxy groups -OCH3 is 1. The van der Waals surface area contributed by atoms with Crippen molar-refractivity contribution in [1.82, 2.24) is 15.3 Å². The van der Waals surface area contributed by atoms with Crippen LogP contribution in [0.15, 0.2) is 60.9 Å². The molecule has 29 heavy (non-hydrogen) atoms. The summed E-state index contributed by atoms with van der Waals surface area (Å²) in [5.74, 6) is 0.990. The Labute approximate surface area is 170 Å². The number of anilines is 2. The molecule has 7 nitrogen and oxygen atoms in total. The predicted octanol–water partition coefficient (Wildman–Crippen LogP) is 3.77. The molecular weight excluding hydrogens is 366 g/mol.